The average Bonchev–Trinajstić information content (AvgIpc) is 2.80. The predicted octanol–water partition coefficient (Wildman–Crippen LogP) is 4.27. The summed E-state index contributed by atoms with van der Waals surface area (Å²) in [5, 5.41) is 11.9. The van der Waals surface area contributed by atoms with E-state index < -0.39 is 24.7 Å². The van der Waals surface area contributed by atoms with Gasteiger partial charge in [-0.3, -0.25) is 0 Å². The zero-order valence-corrected chi connectivity index (χ0v) is 20.4. The van der Waals surface area contributed by atoms with Crippen molar-refractivity contribution in [1.82, 2.24) is 10.2 Å². The van der Waals surface area contributed by atoms with Crippen LogP contribution in [-0.4, -0.2) is 80.9 Å². The maximum absolute atomic E-state index is 12.5. The molecule has 2 amide bonds. The molecule has 0 bridgehead atoms. The summed E-state index contributed by atoms with van der Waals surface area (Å²) in [5.41, 5.74) is 0.794. The van der Waals surface area contributed by atoms with E-state index in [9.17, 15) is 27.9 Å². The number of hydrogen-bond acceptors (Lipinski definition) is 5. The van der Waals surface area contributed by atoms with E-state index in [2.05, 4.69) is 5.32 Å². The number of nitrogens with one attached hydrogen (secondary N) is 1. The molecule has 1 unspecified atom stereocenters. The topological polar surface area (TPSA) is 97.3 Å². The van der Waals surface area contributed by atoms with Gasteiger partial charge in [-0.15, -0.1) is 0 Å². The van der Waals surface area contributed by atoms with Gasteiger partial charge in [-0.1, -0.05) is 25.0 Å². The number of urea groups is 1. The molecule has 0 aliphatic carbocycles. The number of hydrogen-bond donors (Lipinski definition) is 2. The molecule has 8 nitrogen and oxygen atoms in total. The van der Waals surface area contributed by atoms with Crippen LogP contribution >= 0.6 is 0 Å². The monoisotopic (exact) mass is 506 g/mol. The highest BCUT2D eigenvalue weighted by atomic mass is 19.4. The summed E-state index contributed by atoms with van der Waals surface area (Å²) in [6.45, 7) is 3.69. The second-order valence-corrected chi connectivity index (χ2v) is 7.97. The molecule has 0 saturated heterocycles. The van der Waals surface area contributed by atoms with Crippen LogP contribution in [0, 0.1) is 0 Å². The van der Waals surface area contributed by atoms with Gasteiger partial charge < -0.3 is 29.5 Å². The third kappa shape index (κ3) is 14.5. The first-order chi connectivity index (χ1) is 16.7. The first kappa shape index (κ1) is 30.5. The van der Waals surface area contributed by atoms with Gasteiger partial charge in [-0.25, -0.2) is 9.59 Å². The van der Waals surface area contributed by atoms with E-state index in [0.717, 1.165) is 5.56 Å². The fourth-order valence-electron chi connectivity index (χ4n) is 3.30. The van der Waals surface area contributed by atoms with Crippen LogP contribution in [0.3, 0.4) is 0 Å². The molecule has 0 saturated carbocycles. The van der Waals surface area contributed by atoms with Crippen molar-refractivity contribution in [2.75, 3.05) is 46.6 Å². The Morgan fingerprint density at radius 3 is 2.34 bits per heavy atom. The smallest absolute Gasteiger partial charge is 0.389 e. The first-order valence-electron chi connectivity index (χ1n) is 11.8. The van der Waals surface area contributed by atoms with Crippen LogP contribution in [-0.2, 0) is 20.7 Å². The number of aliphatic carboxylic acids is 1. The minimum absolute atomic E-state index is 0.0838. The summed E-state index contributed by atoms with van der Waals surface area (Å²) in [7, 11) is 1.53. The van der Waals surface area contributed by atoms with E-state index >= 15 is 0 Å². The normalized spacial score (nSPS) is 12.3. The largest absolute Gasteiger partial charge is 0.492 e. The number of carboxylic acid groups (broad SMARTS) is 1. The fourth-order valence-corrected chi connectivity index (χ4v) is 3.30. The number of amides is 2. The van der Waals surface area contributed by atoms with Gasteiger partial charge >= 0.3 is 18.2 Å². The van der Waals surface area contributed by atoms with Gasteiger partial charge in [0, 0.05) is 39.6 Å². The van der Waals surface area contributed by atoms with Crippen molar-refractivity contribution in [2.45, 2.75) is 57.7 Å². The van der Waals surface area contributed by atoms with Crippen LogP contribution in [0.1, 0.15) is 44.6 Å². The lowest BCUT2D eigenvalue weighted by Gasteiger charge is -2.23. The molecule has 11 heteroatoms. The van der Waals surface area contributed by atoms with Crippen LogP contribution in [0.2, 0.25) is 0 Å². The Morgan fingerprint density at radius 1 is 1.06 bits per heavy atom. The molecular formula is C24H37F3N2O6. The molecule has 1 rings (SSSR count). The van der Waals surface area contributed by atoms with E-state index in [4.69, 9.17) is 14.2 Å². The van der Waals surface area contributed by atoms with Gasteiger partial charge in [-0.05, 0) is 37.5 Å². The number of alkyl halides is 3. The Hall–Kier alpha value is -2.53. The van der Waals surface area contributed by atoms with Gasteiger partial charge in [-0.2, -0.15) is 13.2 Å². The van der Waals surface area contributed by atoms with E-state index in [1.54, 1.807) is 36.1 Å². The lowest BCUT2D eigenvalue weighted by Crippen LogP contribution is -2.43. The maximum atomic E-state index is 12.5. The molecule has 1 aromatic carbocycles. The third-order valence-corrected chi connectivity index (χ3v) is 5.13. The highest BCUT2D eigenvalue weighted by Crippen LogP contribution is 2.23. The zero-order chi connectivity index (χ0) is 26.1. The number of ether oxygens (including phenoxy) is 3. The number of carbonyl (C=O) groups excluding carboxylic acids is 1. The average molecular weight is 507 g/mol. The van der Waals surface area contributed by atoms with Gasteiger partial charge in [0.05, 0.1) is 13.2 Å². The summed E-state index contributed by atoms with van der Waals surface area (Å²) in [4.78, 5) is 25.3. The highest BCUT2D eigenvalue weighted by molar-refractivity contribution is 5.74. The molecule has 0 aliphatic heterocycles. The van der Waals surface area contributed by atoms with E-state index in [0.29, 0.717) is 57.9 Å². The number of benzene rings is 1. The molecule has 2 N–H and O–H groups in total. The van der Waals surface area contributed by atoms with Crippen molar-refractivity contribution in [3.8, 4) is 5.75 Å². The third-order valence-electron chi connectivity index (χ3n) is 5.13. The molecule has 0 spiro atoms. The molecule has 0 fully saturated rings. The summed E-state index contributed by atoms with van der Waals surface area (Å²) in [6.07, 6.45) is -3.87. The standard InChI is InChI=1S/C24H37F3N2O6/c1-3-34-21(22(30)31)18-19-8-10-20(11-9-19)35-17-15-29(23(32)28-13-16-33-2)14-7-5-4-6-12-24(25,26)27/h8-11,21H,3-7,12-18H2,1-2H3,(H,28,32)(H,30,31). The number of carboxylic acids is 1. The Morgan fingerprint density at radius 2 is 1.74 bits per heavy atom. The zero-order valence-electron chi connectivity index (χ0n) is 20.4. The number of rotatable bonds is 18. The number of unbranched alkanes of at least 4 members (excludes halogenated alkanes) is 3. The van der Waals surface area contributed by atoms with Crippen molar-refractivity contribution in [1.29, 1.82) is 0 Å². The lowest BCUT2D eigenvalue weighted by molar-refractivity contribution is -0.150. The molecule has 0 heterocycles. The lowest BCUT2D eigenvalue weighted by atomic mass is 10.1. The van der Waals surface area contributed by atoms with E-state index in [1.807, 2.05) is 0 Å². The summed E-state index contributed by atoms with van der Waals surface area (Å²) in [5.74, 6) is -0.444. The molecule has 35 heavy (non-hydrogen) atoms. The predicted molar refractivity (Wildman–Crippen MR) is 125 cm³/mol. The first-order valence-corrected chi connectivity index (χ1v) is 11.8. The van der Waals surface area contributed by atoms with E-state index in [-0.39, 0.29) is 25.5 Å². The van der Waals surface area contributed by atoms with Crippen molar-refractivity contribution in [3.63, 3.8) is 0 Å². The highest BCUT2D eigenvalue weighted by Gasteiger charge is 2.25. The van der Waals surface area contributed by atoms with E-state index in [1.165, 1.54) is 7.11 Å². The minimum Gasteiger partial charge on any atom is -0.492 e. The second-order valence-electron chi connectivity index (χ2n) is 7.97. The van der Waals surface area contributed by atoms with Crippen molar-refractivity contribution >= 4 is 12.0 Å². The van der Waals surface area contributed by atoms with Crippen LogP contribution in [0.5, 0.6) is 5.75 Å². The van der Waals surface area contributed by atoms with Gasteiger partial charge in [0.15, 0.2) is 6.10 Å². The Labute approximate surface area is 204 Å². The van der Waals surface area contributed by atoms with Gasteiger partial charge in [0.25, 0.3) is 0 Å². The van der Waals surface area contributed by atoms with Crippen molar-refractivity contribution in [3.05, 3.63) is 29.8 Å². The second kappa shape index (κ2) is 17.0. The molecular weight excluding hydrogens is 469 g/mol. The van der Waals surface area contributed by atoms with Gasteiger partial charge in [0.2, 0.25) is 0 Å². The SMILES string of the molecule is CCOC(Cc1ccc(OCCN(CCCCCCC(F)(F)F)C(=O)NCCOC)cc1)C(=O)O. The van der Waals surface area contributed by atoms with Crippen LogP contribution in [0.25, 0.3) is 0 Å². The maximum Gasteiger partial charge on any atom is 0.389 e. The fraction of sp³-hybridized carbons (Fsp3) is 0.667. The Balaban J connectivity index is 2.51. The molecule has 0 aliphatic rings. The van der Waals surface area contributed by atoms with Crippen LogP contribution in [0.4, 0.5) is 18.0 Å². The van der Waals surface area contributed by atoms with Crippen molar-refractivity contribution in [2.24, 2.45) is 0 Å². The number of nitrogens with zero attached hydrogens (tertiary/aromatic N) is 1. The summed E-state index contributed by atoms with van der Waals surface area (Å²) in [6, 6.07) is 6.70. The van der Waals surface area contributed by atoms with Crippen LogP contribution < -0.4 is 10.1 Å². The van der Waals surface area contributed by atoms with Gasteiger partial charge in [0.1, 0.15) is 12.4 Å². The number of halogens is 3. The molecule has 200 valence electrons. The van der Waals surface area contributed by atoms with Crippen LogP contribution in [0.15, 0.2) is 24.3 Å². The summed E-state index contributed by atoms with van der Waals surface area (Å²) < 4.78 is 52.6. The quantitative estimate of drug-likeness (QED) is 0.289. The number of carbonyl (C=O) groups is 2. The molecule has 0 radical (unpaired) electrons. The Bertz CT molecular complexity index is 731. The molecule has 0 aromatic heterocycles. The molecule has 1 aromatic rings. The molecule has 1 atom stereocenters. The minimum atomic E-state index is -4.13. The number of methoxy groups -OCH3 is 1. The Kier molecular flexibility index (Phi) is 14.8. The van der Waals surface area contributed by atoms with Crippen molar-refractivity contribution < 1.29 is 42.1 Å². The summed E-state index contributed by atoms with van der Waals surface area (Å²) >= 11 is 0.